The van der Waals surface area contributed by atoms with Gasteiger partial charge >= 0.3 is 6.03 Å². The molecule has 1 unspecified atom stereocenters. The second kappa shape index (κ2) is 8.80. The number of hydrazine groups is 1. The molecule has 0 bridgehead atoms. The fraction of sp³-hybridized carbons (Fsp3) is 0.240. The van der Waals surface area contributed by atoms with Crippen molar-refractivity contribution >= 4 is 29.2 Å². The third-order valence-corrected chi connectivity index (χ3v) is 7.23. The first-order valence-corrected chi connectivity index (χ1v) is 11.8. The molecule has 8 heteroatoms. The highest BCUT2D eigenvalue weighted by atomic mass is 32.1. The molecule has 0 saturated carbocycles. The summed E-state index contributed by atoms with van der Waals surface area (Å²) in [6.07, 6.45) is 1.99. The minimum atomic E-state index is -1.40. The van der Waals surface area contributed by atoms with E-state index in [1.165, 1.54) is 4.88 Å². The van der Waals surface area contributed by atoms with Gasteiger partial charge in [-0.15, -0.1) is 11.3 Å². The Bertz CT molecular complexity index is 1110. The molecule has 1 aromatic heterocycles. The zero-order valence-electron chi connectivity index (χ0n) is 17.9. The Morgan fingerprint density at radius 3 is 2.27 bits per heavy atom. The number of rotatable bonds is 6. The van der Waals surface area contributed by atoms with Gasteiger partial charge in [-0.3, -0.25) is 19.9 Å². The number of carbonyl (C=O) groups excluding carboxylic acids is 3. The number of nitrogens with one attached hydrogen (secondary N) is 2. The number of likely N-dealkylation sites (tertiary alicyclic amines) is 1. The maximum absolute atomic E-state index is 13.7. The van der Waals surface area contributed by atoms with E-state index in [9.17, 15) is 14.4 Å². The van der Waals surface area contributed by atoms with E-state index in [4.69, 9.17) is 0 Å². The normalized spacial score (nSPS) is 20.1. The topological polar surface area (TPSA) is 81.8 Å². The van der Waals surface area contributed by atoms with Crippen molar-refractivity contribution in [2.75, 3.05) is 13.1 Å². The molecule has 2 N–H and O–H groups in total. The van der Waals surface area contributed by atoms with E-state index in [1.54, 1.807) is 35.6 Å². The Balaban J connectivity index is 1.38. The van der Waals surface area contributed by atoms with E-state index >= 15 is 0 Å². The first-order valence-electron chi connectivity index (χ1n) is 10.9. The number of imide groups is 1. The van der Waals surface area contributed by atoms with Crippen LogP contribution in [0.15, 0.2) is 78.2 Å². The maximum atomic E-state index is 13.7. The molecule has 2 saturated heterocycles. The molecule has 1 atom stereocenters. The summed E-state index contributed by atoms with van der Waals surface area (Å²) in [4.78, 5) is 42.9. The van der Waals surface area contributed by atoms with E-state index in [0.29, 0.717) is 11.1 Å². The molecule has 3 heterocycles. The van der Waals surface area contributed by atoms with Crippen LogP contribution in [-0.2, 0) is 15.1 Å². The van der Waals surface area contributed by atoms with Crippen LogP contribution < -0.4 is 10.7 Å². The number of hydrogen-bond acceptors (Lipinski definition) is 5. The van der Waals surface area contributed by atoms with Gasteiger partial charge in [0.1, 0.15) is 0 Å². The standard InChI is InChI=1S/C25H24N4O3S/c30-22(17-28-15-7-13-20(28)21-14-8-16-33-21)27-29-23(31)25(26-24(29)32,18-9-3-1-4-10-18)19-11-5-2-6-12-19/h1-6,8-12,14,16,20H,7,13,15,17H2,(H,26,32)(H,27,30). The van der Waals surface area contributed by atoms with Gasteiger partial charge in [0.15, 0.2) is 5.54 Å². The van der Waals surface area contributed by atoms with Gasteiger partial charge in [0.05, 0.1) is 6.54 Å². The Morgan fingerprint density at radius 1 is 1.00 bits per heavy atom. The lowest BCUT2D eigenvalue weighted by Gasteiger charge is -2.28. The van der Waals surface area contributed by atoms with Crippen molar-refractivity contribution in [1.29, 1.82) is 0 Å². The number of hydrogen-bond donors (Lipinski definition) is 2. The second-order valence-electron chi connectivity index (χ2n) is 8.23. The SMILES string of the molecule is O=C(CN1CCCC1c1cccs1)NN1C(=O)NC(c2ccccc2)(c2ccccc2)C1=O. The Hall–Kier alpha value is -3.49. The fourth-order valence-corrected chi connectivity index (χ4v) is 5.62. The quantitative estimate of drug-likeness (QED) is 0.553. The smallest absolute Gasteiger partial charge is 0.314 e. The van der Waals surface area contributed by atoms with Crippen LogP contribution in [0.2, 0.25) is 0 Å². The van der Waals surface area contributed by atoms with E-state index in [1.807, 2.05) is 47.8 Å². The van der Waals surface area contributed by atoms with Gasteiger partial charge in [-0.2, -0.15) is 5.01 Å². The van der Waals surface area contributed by atoms with Crippen molar-refractivity contribution in [3.8, 4) is 0 Å². The molecular formula is C25H24N4O3S. The largest absolute Gasteiger partial charge is 0.344 e. The van der Waals surface area contributed by atoms with Gasteiger partial charge in [0, 0.05) is 10.9 Å². The molecule has 33 heavy (non-hydrogen) atoms. The summed E-state index contributed by atoms with van der Waals surface area (Å²) in [5.41, 5.74) is 2.41. The monoisotopic (exact) mass is 460 g/mol. The summed E-state index contributed by atoms with van der Waals surface area (Å²) < 4.78 is 0. The molecule has 2 aliphatic rings. The molecule has 0 spiro atoms. The summed E-state index contributed by atoms with van der Waals surface area (Å²) in [7, 11) is 0. The highest BCUT2D eigenvalue weighted by Gasteiger charge is 2.54. The average Bonchev–Trinajstić information content (AvgIpc) is 3.58. The molecule has 7 nitrogen and oxygen atoms in total. The van der Waals surface area contributed by atoms with Gasteiger partial charge in [-0.05, 0) is 42.0 Å². The van der Waals surface area contributed by atoms with Crippen LogP contribution in [0.3, 0.4) is 0 Å². The number of carbonyl (C=O) groups is 3. The molecule has 5 rings (SSSR count). The lowest BCUT2D eigenvalue weighted by atomic mass is 9.83. The molecule has 2 aliphatic heterocycles. The van der Waals surface area contributed by atoms with Crippen molar-refractivity contribution in [2.24, 2.45) is 0 Å². The Labute approximate surface area is 196 Å². The number of urea groups is 1. The third-order valence-electron chi connectivity index (χ3n) is 6.25. The summed E-state index contributed by atoms with van der Waals surface area (Å²) in [6, 6.07) is 21.8. The molecule has 168 valence electrons. The molecular weight excluding hydrogens is 436 g/mol. The predicted octanol–water partition coefficient (Wildman–Crippen LogP) is 3.41. The van der Waals surface area contributed by atoms with Gasteiger partial charge < -0.3 is 5.32 Å². The highest BCUT2D eigenvalue weighted by molar-refractivity contribution is 7.10. The number of amides is 4. The van der Waals surface area contributed by atoms with Crippen molar-refractivity contribution in [3.05, 3.63) is 94.2 Å². The molecule has 2 aromatic carbocycles. The van der Waals surface area contributed by atoms with Gasteiger partial charge in [0.25, 0.3) is 11.8 Å². The lowest BCUT2D eigenvalue weighted by Crippen LogP contribution is -2.51. The Morgan fingerprint density at radius 2 is 1.67 bits per heavy atom. The summed E-state index contributed by atoms with van der Waals surface area (Å²) in [6.45, 7) is 0.914. The van der Waals surface area contributed by atoms with Crippen LogP contribution in [0, 0.1) is 0 Å². The van der Waals surface area contributed by atoms with Crippen LogP contribution in [0.4, 0.5) is 4.79 Å². The van der Waals surface area contributed by atoms with Gasteiger partial charge in [-0.1, -0.05) is 66.7 Å². The van der Waals surface area contributed by atoms with E-state index < -0.39 is 17.5 Å². The minimum Gasteiger partial charge on any atom is -0.314 e. The van der Waals surface area contributed by atoms with E-state index in [2.05, 4.69) is 21.7 Å². The van der Waals surface area contributed by atoms with Crippen LogP contribution in [-0.4, -0.2) is 40.8 Å². The molecule has 0 radical (unpaired) electrons. The first-order chi connectivity index (χ1) is 16.1. The van der Waals surface area contributed by atoms with Crippen LogP contribution in [0.5, 0.6) is 0 Å². The van der Waals surface area contributed by atoms with Crippen molar-refractivity contribution in [3.63, 3.8) is 0 Å². The number of nitrogens with zero attached hydrogens (tertiary/aromatic N) is 2. The van der Waals surface area contributed by atoms with E-state index in [-0.39, 0.29) is 18.5 Å². The summed E-state index contributed by atoms with van der Waals surface area (Å²) >= 11 is 1.68. The maximum Gasteiger partial charge on any atom is 0.344 e. The molecule has 2 fully saturated rings. The van der Waals surface area contributed by atoms with E-state index in [0.717, 1.165) is 24.4 Å². The zero-order valence-corrected chi connectivity index (χ0v) is 18.8. The minimum absolute atomic E-state index is 0.114. The highest BCUT2D eigenvalue weighted by Crippen LogP contribution is 2.36. The van der Waals surface area contributed by atoms with Crippen LogP contribution in [0.25, 0.3) is 0 Å². The first kappa shape index (κ1) is 21.4. The van der Waals surface area contributed by atoms with Gasteiger partial charge in [0.2, 0.25) is 0 Å². The van der Waals surface area contributed by atoms with Crippen LogP contribution in [0.1, 0.15) is 34.9 Å². The van der Waals surface area contributed by atoms with Gasteiger partial charge in [-0.25, -0.2) is 4.79 Å². The zero-order chi connectivity index (χ0) is 22.8. The third kappa shape index (κ3) is 3.81. The number of benzene rings is 2. The average molecular weight is 461 g/mol. The Kier molecular flexibility index (Phi) is 5.70. The fourth-order valence-electron chi connectivity index (χ4n) is 4.73. The predicted molar refractivity (Wildman–Crippen MR) is 125 cm³/mol. The lowest BCUT2D eigenvalue weighted by molar-refractivity contribution is -0.138. The summed E-state index contributed by atoms with van der Waals surface area (Å²) in [5, 5.41) is 5.69. The molecule has 4 amide bonds. The van der Waals surface area contributed by atoms with Crippen LogP contribution >= 0.6 is 11.3 Å². The second-order valence-corrected chi connectivity index (χ2v) is 9.21. The van der Waals surface area contributed by atoms with Crippen molar-refractivity contribution in [1.82, 2.24) is 20.7 Å². The molecule has 3 aromatic rings. The number of thiophene rings is 1. The summed E-state index contributed by atoms with van der Waals surface area (Å²) in [5.74, 6) is -0.923. The van der Waals surface area contributed by atoms with Crippen molar-refractivity contribution in [2.45, 2.75) is 24.4 Å². The van der Waals surface area contributed by atoms with Crippen molar-refractivity contribution < 1.29 is 14.4 Å². The molecule has 0 aliphatic carbocycles.